The highest BCUT2D eigenvalue weighted by atomic mass is 16.3. The largest absolute Gasteiger partial charge is 0.493 e. The Hall–Kier alpha value is -3.87. The molecule has 7 nitrogen and oxygen atoms in total. The summed E-state index contributed by atoms with van der Waals surface area (Å²) in [5.74, 6) is 0.656. The van der Waals surface area contributed by atoms with Crippen LogP contribution in [0.15, 0.2) is 60.9 Å². The Kier molecular flexibility index (Phi) is 4.64. The Balaban J connectivity index is 1.72. The van der Waals surface area contributed by atoms with Crippen molar-refractivity contribution in [2.75, 3.05) is 19.4 Å². The highest BCUT2D eigenvalue weighted by Gasteiger charge is 2.13. The van der Waals surface area contributed by atoms with Gasteiger partial charge in [0.2, 0.25) is 5.88 Å². The van der Waals surface area contributed by atoms with Crippen molar-refractivity contribution < 1.29 is 9.90 Å². The standard InChI is InChI=1S/C22H21N5O2/c1-26(2)22(29)15-6-4-14(5-7-15)19-12-17-18(27(19)3)10-11-23-21(17)25-16-8-9-20(28)24-13-16/h4-13H,1-3H3,(H,23,25)(H,24,28). The van der Waals surface area contributed by atoms with Crippen molar-refractivity contribution in [2.24, 2.45) is 7.05 Å². The van der Waals surface area contributed by atoms with E-state index in [4.69, 9.17) is 0 Å². The first-order valence-corrected chi connectivity index (χ1v) is 9.12. The fraction of sp³-hybridized carbons (Fsp3) is 0.136. The SMILES string of the molecule is CN(C)C(=O)c1ccc(-c2cc3c(Nc4ccc(O)nc4)nccc3n2C)cc1. The molecule has 3 aromatic heterocycles. The topological polar surface area (TPSA) is 83.3 Å². The van der Waals surface area contributed by atoms with E-state index in [-0.39, 0.29) is 11.8 Å². The Morgan fingerprint density at radius 1 is 1.07 bits per heavy atom. The molecule has 0 aliphatic heterocycles. The molecule has 0 unspecified atom stereocenters. The molecule has 0 fully saturated rings. The predicted octanol–water partition coefficient (Wildman–Crippen LogP) is 3.79. The third-order valence-electron chi connectivity index (χ3n) is 4.82. The van der Waals surface area contributed by atoms with Gasteiger partial charge in [-0.15, -0.1) is 0 Å². The van der Waals surface area contributed by atoms with E-state index in [1.165, 1.54) is 6.07 Å². The van der Waals surface area contributed by atoms with Crippen LogP contribution < -0.4 is 5.32 Å². The van der Waals surface area contributed by atoms with E-state index < -0.39 is 0 Å². The lowest BCUT2D eigenvalue weighted by molar-refractivity contribution is 0.0827. The highest BCUT2D eigenvalue weighted by Crippen LogP contribution is 2.32. The molecule has 0 saturated carbocycles. The lowest BCUT2D eigenvalue weighted by atomic mass is 10.1. The average molecular weight is 387 g/mol. The highest BCUT2D eigenvalue weighted by molar-refractivity contribution is 5.97. The van der Waals surface area contributed by atoms with Crippen LogP contribution in [0.5, 0.6) is 5.88 Å². The maximum atomic E-state index is 12.1. The number of aromatic hydroxyl groups is 1. The second-order valence-electron chi connectivity index (χ2n) is 6.99. The van der Waals surface area contributed by atoms with Crippen LogP contribution in [0.4, 0.5) is 11.5 Å². The first-order valence-electron chi connectivity index (χ1n) is 9.12. The van der Waals surface area contributed by atoms with Gasteiger partial charge >= 0.3 is 0 Å². The van der Waals surface area contributed by atoms with E-state index in [1.54, 1.807) is 37.5 Å². The van der Waals surface area contributed by atoms with Gasteiger partial charge in [0, 0.05) is 50.0 Å². The summed E-state index contributed by atoms with van der Waals surface area (Å²) in [5.41, 5.74) is 4.44. The van der Waals surface area contributed by atoms with Crippen LogP contribution in [-0.4, -0.2) is 44.5 Å². The van der Waals surface area contributed by atoms with Crippen LogP contribution in [0.2, 0.25) is 0 Å². The first kappa shape index (κ1) is 18.5. The van der Waals surface area contributed by atoms with Gasteiger partial charge in [0.15, 0.2) is 0 Å². The normalized spacial score (nSPS) is 10.9. The Morgan fingerprint density at radius 3 is 2.48 bits per heavy atom. The minimum absolute atomic E-state index is 0.0215. The van der Waals surface area contributed by atoms with E-state index in [0.717, 1.165) is 27.8 Å². The summed E-state index contributed by atoms with van der Waals surface area (Å²) >= 11 is 0. The quantitative estimate of drug-likeness (QED) is 0.557. The molecule has 3 heterocycles. The Labute approximate surface area is 168 Å². The number of amides is 1. The van der Waals surface area contributed by atoms with Crippen molar-refractivity contribution in [3.8, 4) is 17.1 Å². The van der Waals surface area contributed by atoms with Gasteiger partial charge in [-0.1, -0.05) is 12.1 Å². The van der Waals surface area contributed by atoms with Crippen LogP contribution in [0, 0.1) is 0 Å². The third kappa shape index (κ3) is 3.50. The number of carbonyl (C=O) groups excluding carboxylic acids is 1. The monoisotopic (exact) mass is 387 g/mol. The predicted molar refractivity (Wildman–Crippen MR) is 113 cm³/mol. The number of hydrogen-bond acceptors (Lipinski definition) is 5. The van der Waals surface area contributed by atoms with Gasteiger partial charge in [0.25, 0.3) is 5.91 Å². The van der Waals surface area contributed by atoms with E-state index >= 15 is 0 Å². The number of rotatable bonds is 4. The minimum Gasteiger partial charge on any atom is -0.493 e. The number of hydrogen-bond donors (Lipinski definition) is 2. The molecular weight excluding hydrogens is 366 g/mol. The molecule has 0 saturated heterocycles. The summed E-state index contributed by atoms with van der Waals surface area (Å²) in [6, 6.07) is 14.9. The lowest BCUT2D eigenvalue weighted by Gasteiger charge is -2.11. The number of benzene rings is 1. The number of nitrogens with one attached hydrogen (secondary N) is 1. The van der Waals surface area contributed by atoms with Crippen molar-refractivity contribution >= 4 is 28.3 Å². The molecule has 4 aromatic rings. The van der Waals surface area contributed by atoms with E-state index in [0.29, 0.717) is 11.4 Å². The molecule has 4 rings (SSSR count). The van der Waals surface area contributed by atoms with Gasteiger partial charge < -0.3 is 19.9 Å². The number of aryl methyl sites for hydroxylation is 1. The van der Waals surface area contributed by atoms with Crippen LogP contribution >= 0.6 is 0 Å². The summed E-state index contributed by atoms with van der Waals surface area (Å²) < 4.78 is 2.10. The fourth-order valence-corrected chi connectivity index (χ4v) is 3.28. The van der Waals surface area contributed by atoms with Crippen molar-refractivity contribution in [1.29, 1.82) is 0 Å². The molecule has 2 N–H and O–H groups in total. The second-order valence-corrected chi connectivity index (χ2v) is 6.99. The molecule has 0 aliphatic carbocycles. The van der Waals surface area contributed by atoms with Gasteiger partial charge in [-0.25, -0.2) is 9.97 Å². The zero-order chi connectivity index (χ0) is 20.5. The number of nitrogens with zero attached hydrogens (tertiary/aromatic N) is 4. The van der Waals surface area contributed by atoms with Crippen LogP contribution in [0.25, 0.3) is 22.2 Å². The third-order valence-corrected chi connectivity index (χ3v) is 4.82. The number of pyridine rings is 2. The molecule has 0 aliphatic rings. The van der Waals surface area contributed by atoms with Crippen molar-refractivity contribution in [1.82, 2.24) is 19.4 Å². The van der Waals surface area contributed by atoms with Crippen molar-refractivity contribution in [3.05, 3.63) is 66.5 Å². The lowest BCUT2D eigenvalue weighted by Crippen LogP contribution is -2.21. The van der Waals surface area contributed by atoms with Gasteiger partial charge in [0.05, 0.1) is 17.4 Å². The Morgan fingerprint density at radius 2 is 1.83 bits per heavy atom. The summed E-state index contributed by atoms with van der Waals surface area (Å²) in [6.07, 6.45) is 3.31. The van der Waals surface area contributed by atoms with Crippen LogP contribution in [0.1, 0.15) is 10.4 Å². The molecule has 29 heavy (non-hydrogen) atoms. The Bertz CT molecular complexity index is 1180. The minimum atomic E-state index is -0.0279. The summed E-state index contributed by atoms with van der Waals surface area (Å²) in [5, 5.41) is 13.6. The van der Waals surface area contributed by atoms with E-state index in [1.807, 2.05) is 37.4 Å². The zero-order valence-corrected chi connectivity index (χ0v) is 16.4. The van der Waals surface area contributed by atoms with Crippen molar-refractivity contribution in [3.63, 3.8) is 0 Å². The smallest absolute Gasteiger partial charge is 0.253 e. The molecule has 1 aromatic carbocycles. The van der Waals surface area contributed by atoms with Crippen molar-refractivity contribution in [2.45, 2.75) is 0 Å². The summed E-state index contributed by atoms with van der Waals surface area (Å²) in [4.78, 5) is 22.0. The fourth-order valence-electron chi connectivity index (χ4n) is 3.28. The molecule has 0 radical (unpaired) electrons. The van der Waals surface area contributed by atoms with Gasteiger partial charge in [-0.3, -0.25) is 4.79 Å². The molecule has 1 amide bonds. The average Bonchev–Trinajstić information content (AvgIpc) is 3.07. The maximum Gasteiger partial charge on any atom is 0.253 e. The summed E-state index contributed by atoms with van der Waals surface area (Å²) in [7, 11) is 5.49. The molecule has 146 valence electrons. The van der Waals surface area contributed by atoms with Gasteiger partial charge in [0.1, 0.15) is 5.82 Å². The number of fused-ring (bicyclic) bond motifs is 1. The summed E-state index contributed by atoms with van der Waals surface area (Å²) in [6.45, 7) is 0. The maximum absolute atomic E-state index is 12.1. The first-order chi connectivity index (χ1) is 13.9. The molecule has 0 spiro atoms. The van der Waals surface area contributed by atoms with Gasteiger partial charge in [-0.2, -0.15) is 0 Å². The molecule has 0 bridgehead atoms. The van der Waals surface area contributed by atoms with Crippen LogP contribution in [-0.2, 0) is 7.05 Å². The van der Waals surface area contributed by atoms with E-state index in [9.17, 15) is 9.90 Å². The molecule has 0 atom stereocenters. The number of anilines is 2. The molecule has 7 heteroatoms. The van der Waals surface area contributed by atoms with Crippen LogP contribution in [0.3, 0.4) is 0 Å². The molecular formula is C22H21N5O2. The zero-order valence-electron chi connectivity index (χ0n) is 16.4. The number of carbonyl (C=O) groups is 1. The van der Waals surface area contributed by atoms with Gasteiger partial charge in [-0.05, 0) is 35.9 Å². The second kappa shape index (κ2) is 7.27. The van der Waals surface area contributed by atoms with E-state index in [2.05, 4.69) is 25.9 Å². The number of aromatic nitrogens is 3.